The van der Waals surface area contributed by atoms with E-state index in [1.54, 1.807) is 0 Å². The minimum Gasteiger partial charge on any atom is -0.480 e. The fourth-order valence-electron chi connectivity index (χ4n) is 3.65. The van der Waals surface area contributed by atoms with Crippen LogP contribution >= 0.6 is 11.6 Å². The van der Waals surface area contributed by atoms with Crippen LogP contribution in [0.15, 0.2) is 24.3 Å². The van der Waals surface area contributed by atoms with Gasteiger partial charge in [-0.15, -0.1) is 0 Å². The molecule has 2 aliphatic heterocycles. The molecule has 124 valence electrons. The normalized spacial score (nSPS) is 21.1. The maximum atomic E-state index is 12.4. The topological polar surface area (TPSA) is 60.9 Å². The lowest BCUT2D eigenvalue weighted by Crippen LogP contribution is -2.43. The highest BCUT2D eigenvalue weighted by atomic mass is 35.5. The van der Waals surface area contributed by atoms with Gasteiger partial charge >= 0.3 is 5.97 Å². The predicted octanol–water partition coefficient (Wildman–Crippen LogP) is 2.24. The van der Waals surface area contributed by atoms with Crippen LogP contribution in [0.2, 0.25) is 5.02 Å². The van der Waals surface area contributed by atoms with E-state index in [-0.39, 0.29) is 17.9 Å². The number of carboxylic acid groups (broad SMARTS) is 1. The molecule has 0 radical (unpaired) electrons. The van der Waals surface area contributed by atoms with Crippen LogP contribution in [-0.4, -0.2) is 53.0 Å². The van der Waals surface area contributed by atoms with Gasteiger partial charge in [-0.1, -0.05) is 23.7 Å². The standard InChI is InChI=1S/C17H21ClN2O3/c18-14-3-1-13(2-4-14)10-20-12-17(9-15(20)21)5-7-19(8-6-17)11-16(22)23/h1-4H,5-12H2,(H,22,23). The third kappa shape index (κ3) is 3.85. The van der Waals surface area contributed by atoms with Gasteiger partial charge in [0.2, 0.25) is 5.91 Å². The zero-order valence-corrected chi connectivity index (χ0v) is 13.8. The van der Waals surface area contributed by atoms with E-state index in [4.69, 9.17) is 16.7 Å². The van der Waals surface area contributed by atoms with Gasteiger partial charge in [0, 0.05) is 24.5 Å². The Hall–Kier alpha value is -1.59. The van der Waals surface area contributed by atoms with E-state index in [1.807, 2.05) is 34.1 Å². The van der Waals surface area contributed by atoms with Crippen LogP contribution in [0.1, 0.15) is 24.8 Å². The lowest BCUT2D eigenvalue weighted by molar-refractivity contribution is -0.139. The number of rotatable bonds is 4. The summed E-state index contributed by atoms with van der Waals surface area (Å²) in [5, 5.41) is 9.57. The second-order valence-corrected chi connectivity index (χ2v) is 7.16. The van der Waals surface area contributed by atoms with Gasteiger partial charge in [0.15, 0.2) is 0 Å². The van der Waals surface area contributed by atoms with Crippen molar-refractivity contribution in [2.24, 2.45) is 5.41 Å². The van der Waals surface area contributed by atoms with E-state index in [2.05, 4.69) is 0 Å². The van der Waals surface area contributed by atoms with Gasteiger partial charge in [0.1, 0.15) is 0 Å². The lowest BCUT2D eigenvalue weighted by atomic mass is 9.77. The monoisotopic (exact) mass is 336 g/mol. The van der Waals surface area contributed by atoms with E-state index >= 15 is 0 Å². The number of aliphatic carboxylic acids is 1. The number of hydrogen-bond acceptors (Lipinski definition) is 3. The number of carbonyl (C=O) groups excluding carboxylic acids is 1. The molecule has 23 heavy (non-hydrogen) atoms. The Bertz CT molecular complexity index is 594. The molecule has 2 aliphatic rings. The first-order chi connectivity index (χ1) is 11.0. The molecule has 1 N–H and O–H groups in total. The molecule has 0 saturated carbocycles. The molecule has 0 atom stereocenters. The summed E-state index contributed by atoms with van der Waals surface area (Å²) in [7, 11) is 0. The summed E-state index contributed by atoms with van der Waals surface area (Å²) in [6.45, 7) is 3.01. The van der Waals surface area contributed by atoms with Crippen LogP contribution < -0.4 is 0 Å². The zero-order valence-electron chi connectivity index (χ0n) is 13.0. The molecular formula is C17H21ClN2O3. The van der Waals surface area contributed by atoms with Crippen LogP contribution in [0, 0.1) is 5.41 Å². The number of carboxylic acids is 1. The number of nitrogens with zero attached hydrogens (tertiary/aromatic N) is 2. The van der Waals surface area contributed by atoms with E-state index < -0.39 is 5.97 Å². The first-order valence-electron chi connectivity index (χ1n) is 7.92. The largest absolute Gasteiger partial charge is 0.480 e. The van der Waals surface area contributed by atoms with Crippen molar-refractivity contribution in [3.63, 3.8) is 0 Å². The summed E-state index contributed by atoms with van der Waals surface area (Å²) in [6, 6.07) is 7.60. The van der Waals surface area contributed by atoms with Crippen molar-refractivity contribution in [2.45, 2.75) is 25.8 Å². The maximum Gasteiger partial charge on any atom is 0.317 e. The summed E-state index contributed by atoms with van der Waals surface area (Å²) < 4.78 is 0. The molecule has 0 aromatic heterocycles. The molecule has 1 aromatic rings. The van der Waals surface area contributed by atoms with E-state index in [0.717, 1.165) is 38.0 Å². The molecule has 6 heteroatoms. The molecular weight excluding hydrogens is 316 g/mol. The Labute approximate surface area is 140 Å². The second-order valence-electron chi connectivity index (χ2n) is 6.72. The number of carbonyl (C=O) groups is 2. The average Bonchev–Trinajstić information content (AvgIpc) is 2.80. The molecule has 1 amide bonds. The van der Waals surface area contributed by atoms with Crippen LogP contribution in [-0.2, 0) is 16.1 Å². The Morgan fingerprint density at radius 3 is 2.48 bits per heavy atom. The Morgan fingerprint density at radius 1 is 1.22 bits per heavy atom. The number of likely N-dealkylation sites (tertiary alicyclic amines) is 2. The third-order valence-electron chi connectivity index (χ3n) is 4.97. The molecule has 5 nitrogen and oxygen atoms in total. The number of hydrogen-bond donors (Lipinski definition) is 1. The van der Waals surface area contributed by atoms with Gasteiger partial charge in [-0.3, -0.25) is 14.5 Å². The van der Waals surface area contributed by atoms with E-state index in [0.29, 0.717) is 18.0 Å². The van der Waals surface area contributed by atoms with E-state index in [1.165, 1.54) is 0 Å². The third-order valence-corrected chi connectivity index (χ3v) is 5.22. The average molecular weight is 337 g/mol. The quantitative estimate of drug-likeness (QED) is 0.916. The van der Waals surface area contributed by atoms with Crippen molar-refractivity contribution in [3.05, 3.63) is 34.9 Å². The summed E-state index contributed by atoms with van der Waals surface area (Å²) >= 11 is 5.90. The molecule has 0 unspecified atom stereocenters. The second kappa shape index (κ2) is 6.49. The highest BCUT2D eigenvalue weighted by molar-refractivity contribution is 6.30. The summed E-state index contributed by atoms with van der Waals surface area (Å²) in [6.07, 6.45) is 2.37. The Morgan fingerprint density at radius 2 is 1.87 bits per heavy atom. The van der Waals surface area contributed by atoms with E-state index in [9.17, 15) is 9.59 Å². The zero-order chi connectivity index (χ0) is 16.4. The minimum absolute atomic E-state index is 0.0263. The Kier molecular flexibility index (Phi) is 4.60. The maximum absolute atomic E-state index is 12.4. The van der Waals surface area contributed by atoms with Crippen molar-refractivity contribution < 1.29 is 14.7 Å². The van der Waals surface area contributed by atoms with Gasteiger partial charge in [-0.05, 0) is 49.0 Å². The van der Waals surface area contributed by atoms with Crippen LogP contribution in [0.4, 0.5) is 0 Å². The predicted molar refractivity (Wildman–Crippen MR) is 87.2 cm³/mol. The van der Waals surface area contributed by atoms with Crippen LogP contribution in [0.5, 0.6) is 0 Å². The van der Waals surface area contributed by atoms with Crippen molar-refractivity contribution in [2.75, 3.05) is 26.2 Å². The van der Waals surface area contributed by atoms with Crippen molar-refractivity contribution in [1.82, 2.24) is 9.80 Å². The Balaban J connectivity index is 1.59. The molecule has 3 rings (SSSR count). The van der Waals surface area contributed by atoms with Crippen molar-refractivity contribution >= 4 is 23.5 Å². The first-order valence-corrected chi connectivity index (χ1v) is 8.30. The first kappa shape index (κ1) is 16.3. The summed E-state index contributed by atoms with van der Waals surface area (Å²) in [5.41, 5.74) is 1.11. The molecule has 1 aromatic carbocycles. The minimum atomic E-state index is -0.784. The van der Waals surface area contributed by atoms with Gasteiger partial charge in [0.25, 0.3) is 0 Å². The molecule has 1 spiro atoms. The molecule has 0 bridgehead atoms. The lowest BCUT2D eigenvalue weighted by Gasteiger charge is -2.38. The molecule has 2 heterocycles. The number of halogens is 1. The fraction of sp³-hybridized carbons (Fsp3) is 0.529. The summed E-state index contributed by atoms with van der Waals surface area (Å²) in [4.78, 5) is 27.1. The highest BCUT2D eigenvalue weighted by Gasteiger charge is 2.44. The van der Waals surface area contributed by atoms with Gasteiger partial charge in [-0.25, -0.2) is 0 Å². The smallest absolute Gasteiger partial charge is 0.317 e. The summed E-state index contributed by atoms with van der Waals surface area (Å²) in [5.74, 6) is -0.584. The van der Waals surface area contributed by atoms with Crippen molar-refractivity contribution in [1.29, 1.82) is 0 Å². The van der Waals surface area contributed by atoms with Gasteiger partial charge in [-0.2, -0.15) is 0 Å². The number of amides is 1. The molecule has 0 aliphatic carbocycles. The fourth-order valence-corrected chi connectivity index (χ4v) is 3.77. The van der Waals surface area contributed by atoms with Gasteiger partial charge in [0.05, 0.1) is 6.54 Å². The number of piperidine rings is 1. The van der Waals surface area contributed by atoms with Crippen molar-refractivity contribution in [3.8, 4) is 0 Å². The SMILES string of the molecule is O=C(O)CN1CCC2(CC1)CC(=O)N(Cc1ccc(Cl)cc1)C2. The van der Waals surface area contributed by atoms with Crippen LogP contribution in [0.25, 0.3) is 0 Å². The molecule has 2 saturated heterocycles. The van der Waals surface area contributed by atoms with Gasteiger partial charge < -0.3 is 10.0 Å². The molecule has 2 fully saturated rings. The highest BCUT2D eigenvalue weighted by Crippen LogP contribution is 2.41. The van der Waals surface area contributed by atoms with Crippen LogP contribution in [0.3, 0.4) is 0 Å². The number of benzene rings is 1.